The van der Waals surface area contributed by atoms with E-state index >= 15 is 0 Å². The van der Waals surface area contributed by atoms with Gasteiger partial charge in [0.25, 0.3) is 5.91 Å². The highest BCUT2D eigenvalue weighted by molar-refractivity contribution is 7.89. The molecule has 1 aromatic carbocycles. The summed E-state index contributed by atoms with van der Waals surface area (Å²) in [5.41, 5.74) is 1.48. The number of carbonyl (C=O) groups is 1. The van der Waals surface area contributed by atoms with Crippen LogP contribution in [0.25, 0.3) is 0 Å². The van der Waals surface area contributed by atoms with Gasteiger partial charge in [0, 0.05) is 42.5 Å². The van der Waals surface area contributed by atoms with Crippen molar-refractivity contribution in [3.8, 4) is 0 Å². The van der Waals surface area contributed by atoms with Crippen molar-refractivity contribution in [2.75, 3.05) is 25.5 Å². The number of fused-ring (bicyclic) bond motifs is 1. The second-order valence-corrected chi connectivity index (χ2v) is 11.0. The number of sulfonamides is 1. The minimum absolute atomic E-state index is 0. The Hall–Kier alpha value is -1.52. The minimum atomic E-state index is -3.55. The molecule has 7 nitrogen and oxygen atoms in total. The Balaban J connectivity index is 0.00000272. The van der Waals surface area contributed by atoms with Crippen molar-refractivity contribution in [1.29, 1.82) is 0 Å². The van der Waals surface area contributed by atoms with Crippen molar-refractivity contribution in [2.45, 2.75) is 56.5 Å². The molecular formula is C21H29ClN4O3S2. The number of aromatic nitrogens is 1. The lowest BCUT2D eigenvalue weighted by Crippen LogP contribution is -2.43. The first kappa shape index (κ1) is 24.1. The Bertz CT molecular complexity index is 1020. The van der Waals surface area contributed by atoms with Gasteiger partial charge in [-0.3, -0.25) is 10.1 Å². The number of nitrogens with zero attached hydrogens (tertiary/aromatic N) is 3. The zero-order valence-corrected chi connectivity index (χ0v) is 20.3. The first-order valence-corrected chi connectivity index (χ1v) is 12.7. The van der Waals surface area contributed by atoms with Crippen LogP contribution in [0.3, 0.4) is 0 Å². The smallest absolute Gasteiger partial charge is 0.257 e. The molecule has 1 N–H and O–H groups in total. The van der Waals surface area contributed by atoms with Gasteiger partial charge in [0.15, 0.2) is 5.13 Å². The van der Waals surface area contributed by atoms with E-state index in [0.29, 0.717) is 17.2 Å². The number of anilines is 1. The quantitative estimate of drug-likeness (QED) is 0.698. The summed E-state index contributed by atoms with van der Waals surface area (Å²) in [7, 11) is -1.47. The van der Waals surface area contributed by atoms with Crippen LogP contribution < -0.4 is 5.32 Å². The second-order valence-electron chi connectivity index (χ2n) is 8.03. The Labute approximate surface area is 194 Å². The van der Waals surface area contributed by atoms with Gasteiger partial charge >= 0.3 is 0 Å². The molecule has 2 aliphatic rings. The molecule has 0 radical (unpaired) electrons. The molecule has 0 aliphatic carbocycles. The van der Waals surface area contributed by atoms with Gasteiger partial charge in [-0.15, -0.1) is 23.7 Å². The van der Waals surface area contributed by atoms with Gasteiger partial charge < -0.3 is 4.90 Å². The summed E-state index contributed by atoms with van der Waals surface area (Å²) < 4.78 is 27.8. The van der Waals surface area contributed by atoms with Crippen molar-refractivity contribution in [3.05, 3.63) is 40.4 Å². The third-order valence-electron chi connectivity index (χ3n) is 5.91. The fourth-order valence-corrected chi connectivity index (χ4v) is 7.01. The molecule has 1 atom stereocenters. The number of thiazole rings is 1. The van der Waals surface area contributed by atoms with E-state index in [-0.39, 0.29) is 29.3 Å². The van der Waals surface area contributed by atoms with E-state index in [0.717, 1.165) is 50.9 Å². The maximum atomic E-state index is 13.1. The van der Waals surface area contributed by atoms with Gasteiger partial charge in [-0.05, 0) is 50.6 Å². The number of nitrogens with one attached hydrogen (secondary N) is 1. The molecular weight excluding hydrogens is 456 g/mol. The fourth-order valence-electron chi connectivity index (χ4n) is 4.16. The third-order valence-corrected chi connectivity index (χ3v) is 8.87. The van der Waals surface area contributed by atoms with Gasteiger partial charge in [-0.25, -0.2) is 13.4 Å². The molecule has 3 heterocycles. The lowest BCUT2D eigenvalue weighted by molar-refractivity contribution is 0.102. The Morgan fingerprint density at radius 1 is 1.23 bits per heavy atom. The monoisotopic (exact) mass is 484 g/mol. The highest BCUT2D eigenvalue weighted by Crippen LogP contribution is 2.29. The van der Waals surface area contributed by atoms with Gasteiger partial charge in [-0.1, -0.05) is 13.3 Å². The Kier molecular flexibility index (Phi) is 7.75. The van der Waals surface area contributed by atoms with Crippen LogP contribution in [-0.2, 0) is 23.0 Å². The number of likely N-dealkylation sites (N-methyl/N-ethyl adjacent to an activating group) is 1. The average Bonchev–Trinajstić information content (AvgIpc) is 3.15. The van der Waals surface area contributed by atoms with Crippen molar-refractivity contribution >= 4 is 44.8 Å². The largest absolute Gasteiger partial charge is 0.301 e. The number of carbonyl (C=O) groups excluding carboxylic acids is 1. The number of rotatable bonds is 5. The molecule has 1 amide bonds. The van der Waals surface area contributed by atoms with Gasteiger partial charge in [-0.2, -0.15) is 4.31 Å². The van der Waals surface area contributed by atoms with Crippen molar-refractivity contribution < 1.29 is 13.2 Å². The van der Waals surface area contributed by atoms with Crippen molar-refractivity contribution in [1.82, 2.24) is 14.2 Å². The molecule has 4 rings (SSSR count). The topological polar surface area (TPSA) is 82.6 Å². The lowest BCUT2D eigenvalue weighted by Gasteiger charge is -2.34. The van der Waals surface area contributed by atoms with E-state index in [1.165, 1.54) is 28.3 Å². The molecule has 2 aromatic rings. The molecule has 0 saturated carbocycles. The van der Waals surface area contributed by atoms with E-state index in [1.807, 2.05) is 6.92 Å². The number of amides is 1. The number of hydrogen-bond donors (Lipinski definition) is 1. The van der Waals surface area contributed by atoms with E-state index in [9.17, 15) is 13.2 Å². The molecule has 1 aromatic heterocycles. The molecule has 31 heavy (non-hydrogen) atoms. The van der Waals surface area contributed by atoms with Crippen LogP contribution >= 0.6 is 23.7 Å². The summed E-state index contributed by atoms with van der Waals surface area (Å²) in [6, 6.07) is 6.28. The normalized spacial score (nSPS) is 20.0. The summed E-state index contributed by atoms with van der Waals surface area (Å²) >= 11 is 1.50. The number of halogens is 1. The number of benzene rings is 1. The maximum Gasteiger partial charge on any atom is 0.257 e. The predicted octanol–water partition coefficient (Wildman–Crippen LogP) is 3.76. The van der Waals surface area contributed by atoms with Gasteiger partial charge in [0.2, 0.25) is 10.0 Å². The average molecular weight is 485 g/mol. The van der Waals surface area contributed by atoms with E-state index < -0.39 is 10.0 Å². The van der Waals surface area contributed by atoms with Crippen LogP contribution in [0.1, 0.15) is 53.5 Å². The Morgan fingerprint density at radius 3 is 2.68 bits per heavy atom. The molecule has 2 aliphatic heterocycles. The zero-order valence-electron chi connectivity index (χ0n) is 17.8. The molecule has 1 saturated heterocycles. The maximum absolute atomic E-state index is 13.1. The first-order chi connectivity index (χ1) is 14.4. The predicted molar refractivity (Wildman–Crippen MR) is 126 cm³/mol. The van der Waals surface area contributed by atoms with Crippen LogP contribution in [0, 0.1) is 0 Å². The standard InChI is InChI=1S/C21H28N4O3S2.ClH/c1-3-16-6-4-5-12-25(16)30(27,28)17-9-7-15(8-10-17)20(26)23-21-22-18-11-13-24(2)14-19(18)29-21;/h7-10,16H,3-6,11-14H2,1-2H3,(H,22,23,26);1H. The van der Waals surface area contributed by atoms with Gasteiger partial charge in [0.1, 0.15) is 0 Å². The van der Waals surface area contributed by atoms with Crippen molar-refractivity contribution in [2.24, 2.45) is 0 Å². The highest BCUT2D eigenvalue weighted by Gasteiger charge is 2.32. The molecule has 170 valence electrons. The van der Waals surface area contributed by atoms with Crippen LogP contribution in [0.5, 0.6) is 0 Å². The Morgan fingerprint density at radius 2 is 1.97 bits per heavy atom. The summed E-state index contributed by atoms with van der Waals surface area (Å²) in [5.74, 6) is -0.275. The lowest BCUT2D eigenvalue weighted by atomic mass is 10.0. The van der Waals surface area contributed by atoms with E-state index in [2.05, 4.69) is 22.2 Å². The van der Waals surface area contributed by atoms with Crippen LogP contribution in [0.4, 0.5) is 5.13 Å². The summed E-state index contributed by atoms with van der Waals surface area (Å²) in [6.45, 7) is 4.41. The highest BCUT2D eigenvalue weighted by atomic mass is 35.5. The summed E-state index contributed by atoms with van der Waals surface area (Å²) in [6.07, 6.45) is 4.57. The second kappa shape index (κ2) is 9.95. The zero-order chi connectivity index (χ0) is 21.3. The molecule has 10 heteroatoms. The van der Waals surface area contributed by atoms with E-state index in [1.54, 1.807) is 16.4 Å². The summed E-state index contributed by atoms with van der Waals surface area (Å²) in [5, 5.41) is 3.45. The van der Waals surface area contributed by atoms with Gasteiger partial charge in [0.05, 0.1) is 10.6 Å². The minimum Gasteiger partial charge on any atom is -0.301 e. The third kappa shape index (κ3) is 5.12. The van der Waals surface area contributed by atoms with Crippen LogP contribution in [0.2, 0.25) is 0 Å². The van der Waals surface area contributed by atoms with Crippen LogP contribution in [-0.4, -0.2) is 54.7 Å². The molecule has 0 bridgehead atoms. The number of piperidine rings is 1. The van der Waals surface area contributed by atoms with E-state index in [4.69, 9.17) is 0 Å². The molecule has 1 unspecified atom stereocenters. The SMILES string of the molecule is CCC1CCCCN1S(=O)(=O)c1ccc(C(=O)Nc2nc3c(s2)CN(C)CC3)cc1.Cl. The van der Waals surface area contributed by atoms with Crippen molar-refractivity contribution in [3.63, 3.8) is 0 Å². The molecule has 1 fully saturated rings. The number of hydrogen-bond acceptors (Lipinski definition) is 6. The molecule has 0 spiro atoms. The summed E-state index contributed by atoms with van der Waals surface area (Å²) in [4.78, 5) is 20.8. The van der Waals surface area contributed by atoms with Crippen LogP contribution in [0.15, 0.2) is 29.2 Å². The fraction of sp³-hybridized carbons (Fsp3) is 0.524. The first-order valence-electron chi connectivity index (χ1n) is 10.5.